The van der Waals surface area contributed by atoms with Gasteiger partial charge in [0, 0.05) is 25.5 Å². The zero-order valence-electron chi connectivity index (χ0n) is 17.9. The van der Waals surface area contributed by atoms with Gasteiger partial charge in [0.2, 0.25) is 0 Å². The Balaban J connectivity index is 1.84. The summed E-state index contributed by atoms with van der Waals surface area (Å²) in [5.74, 6) is 0.298. The van der Waals surface area contributed by atoms with Crippen molar-refractivity contribution in [1.82, 2.24) is 0 Å². The Bertz CT molecular complexity index is 588. The van der Waals surface area contributed by atoms with Crippen molar-refractivity contribution in [1.29, 1.82) is 0 Å². The topological polar surface area (TPSA) is 35.5 Å². The molecule has 1 unspecified atom stereocenters. The second-order valence-corrected chi connectivity index (χ2v) is 9.13. The third-order valence-corrected chi connectivity index (χ3v) is 6.03. The molecule has 0 saturated carbocycles. The first-order chi connectivity index (χ1) is 12.8. The molecule has 0 N–H and O–H groups in total. The number of nitrogens with zero attached hydrogens (tertiary/aromatic N) is 1. The minimum absolute atomic E-state index is 0.135. The van der Waals surface area contributed by atoms with Gasteiger partial charge in [-0.25, -0.2) is 0 Å². The predicted octanol–water partition coefficient (Wildman–Crippen LogP) is 4.53. The van der Waals surface area contributed by atoms with Crippen molar-refractivity contribution in [2.24, 2.45) is 5.41 Å². The van der Waals surface area contributed by atoms with Gasteiger partial charge in [0.05, 0.1) is 32.2 Å². The lowest BCUT2D eigenvalue weighted by atomic mass is 9.83. The fourth-order valence-electron chi connectivity index (χ4n) is 3.91. The predicted molar refractivity (Wildman–Crippen MR) is 110 cm³/mol. The summed E-state index contributed by atoms with van der Waals surface area (Å²) < 4.78 is 11.4. The van der Waals surface area contributed by atoms with E-state index in [1.54, 1.807) is 7.11 Å². The van der Waals surface area contributed by atoms with Gasteiger partial charge in [-0.2, -0.15) is 0 Å². The summed E-state index contributed by atoms with van der Waals surface area (Å²) in [5, 5.41) is 0. The van der Waals surface area contributed by atoms with Gasteiger partial charge < -0.3 is 14.0 Å². The Morgan fingerprint density at radius 2 is 1.78 bits per heavy atom. The van der Waals surface area contributed by atoms with Crippen molar-refractivity contribution >= 4 is 5.97 Å². The van der Waals surface area contributed by atoms with Gasteiger partial charge in [0.15, 0.2) is 0 Å². The van der Waals surface area contributed by atoms with Gasteiger partial charge in [-0.15, -0.1) is 0 Å². The van der Waals surface area contributed by atoms with Crippen molar-refractivity contribution in [3.8, 4) is 0 Å². The van der Waals surface area contributed by atoms with E-state index in [2.05, 4.69) is 38.2 Å². The number of methoxy groups -OCH3 is 1. The molecule has 2 rings (SSSR count). The molecule has 1 saturated heterocycles. The smallest absolute Gasteiger partial charge is 0.311 e. The summed E-state index contributed by atoms with van der Waals surface area (Å²) in [6, 6.07) is 9.12. The second-order valence-electron chi connectivity index (χ2n) is 9.13. The number of hydrogen-bond acceptors (Lipinski definition) is 3. The zero-order valence-corrected chi connectivity index (χ0v) is 17.9. The van der Waals surface area contributed by atoms with E-state index in [1.807, 2.05) is 13.8 Å². The van der Waals surface area contributed by atoms with Crippen LogP contribution < -0.4 is 0 Å². The monoisotopic (exact) mass is 376 g/mol. The summed E-state index contributed by atoms with van der Waals surface area (Å²) in [4.78, 5) is 12.2. The SMILES string of the molecule is COCCOC(=O)C(C)(C)CCC(C)c1ccc(C[N+]2(C)CCCC2)cc1. The summed E-state index contributed by atoms with van der Waals surface area (Å²) >= 11 is 0. The lowest BCUT2D eigenvalue weighted by molar-refractivity contribution is -0.910. The fourth-order valence-corrected chi connectivity index (χ4v) is 3.91. The maximum atomic E-state index is 12.2. The minimum Gasteiger partial charge on any atom is -0.463 e. The lowest BCUT2D eigenvalue weighted by Gasteiger charge is -2.29. The third kappa shape index (κ3) is 6.62. The van der Waals surface area contributed by atoms with Crippen molar-refractivity contribution in [3.63, 3.8) is 0 Å². The van der Waals surface area contributed by atoms with E-state index in [-0.39, 0.29) is 5.97 Å². The molecule has 1 aliphatic rings. The number of esters is 1. The molecular weight excluding hydrogens is 338 g/mol. The maximum Gasteiger partial charge on any atom is 0.311 e. The second kappa shape index (κ2) is 9.70. The molecule has 4 heteroatoms. The van der Waals surface area contributed by atoms with Crippen LogP contribution in [0.1, 0.15) is 63.5 Å². The van der Waals surface area contributed by atoms with E-state index in [4.69, 9.17) is 9.47 Å². The number of hydrogen-bond donors (Lipinski definition) is 0. The molecule has 0 spiro atoms. The minimum atomic E-state index is -0.462. The number of quaternary nitrogens is 1. The number of likely N-dealkylation sites (tertiary alicyclic amines) is 1. The first-order valence-electron chi connectivity index (χ1n) is 10.3. The summed E-state index contributed by atoms with van der Waals surface area (Å²) in [6.07, 6.45) is 4.50. The van der Waals surface area contributed by atoms with Gasteiger partial charge in [0.25, 0.3) is 0 Å². The summed E-state index contributed by atoms with van der Waals surface area (Å²) in [5.41, 5.74) is 2.32. The van der Waals surface area contributed by atoms with Crippen molar-refractivity contribution in [3.05, 3.63) is 35.4 Å². The van der Waals surface area contributed by atoms with Gasteiger partial charge in [-0.3, -0.25) is 4.79 Å². The highest BCUT2D eigenvalue weighted by Crippen LogP contribution is 2.31. The lowest BCUT2D eigenvalue weighted by Crippen LogP contribution is -2.39. The molecule has 1 atom stereocenters. The summed E-state index contributed by atoms with van der Waals surface area (Å²) in [7, 11) is 3.98. The normalized spacial score (nSPS) is 17.7. The Kier molecular flexibility index (Phi) is 7.87. The van der Waals surface area contributed by atoms with Crippen molar-refractivity contribution in [2.75, 3.05) is 40.5 Å². The van der Waals surface area contributed by atoms with E-state index in [0.717, 1.165) is 19.4 Å². The zero-order chi connectivity index (χ0) is 19.9. The Hall–Kier alpha value is -1.39. The fraction of sp³-hybridized carbons (Fsp3) is 0.696. The van der Waals surface area contributed by atoms with E-state index in [1.165, 1.54) is 41.5 Å². The van der Waals surface area contributed by atoms with Crippen LogP contribution in [-0.4, -0.2) is 50.9 Å². The Morgan fingerprint density at radius 3 is 2.37 bits per heavy atom. The first kappa shape index (κ1) is 21.9. The Morgan fingerprint density at radius 1 is 1.15 bits per heavy atom. The number of ether oxygens (including phenoxy) is 2. The molecule has 27 heavy (non-hydrogen) atoms. The molecule has 152 valence electrons. The average molecular weight is 377 g/mol. The third-order valence-electron chi connectivity index (χ3n) is 6.03. The number of carbonyl (C=O) groups is 1. The average Bonchev–Trinajstić information content (AvgIpc) is 3.06. The first-order valence-corrected chi connectivity index (χ1v) is 10.3. The van der Waals surface area contributed by atoms with Crippen LogP contribution >= 0.6 is 0 Å². The standard InChI is InChI=1S/C23H38NO3/c1-19(12-13-23(2,3)22(25)27-17-16-26-5)21-10-8-20(9-11-21)18-24(4)14-6-7-15-24/h8-11,19H,6-7,12-18H2,1-5H3/q+1. The molecule has 4 nitrogen and oxygen atoms in total. The molecule has 0 aliphatic carbocycles. The molecule has 1 aromatic rings. The molecule has 0 aromatic heterocycles. The van der Waals surface area contributed by atoms with Gasteiger partial charge >= 0.3 is 5.97 Å². The molecule has 1 aliphatic heterocycles. The molecule has 0 bridgehead atoms. The van der Waals surface area contributed by atoms with Crippen LogP contribution in [0.4, 0.5) is 0 Å². The quantitative estimate of drug-likeness (QED) is 0.342. The van der Waals surface area contributed by atoms with E-state index in [9.17, 15) is 4.79 Å². The largest absolute Gasteiger partial charge is 0.463 e. The molecule has 1 fully saturated rings. The van der Waals surface area contributed by atoms with E-state index < -0.39 is 5.41 Å². The highest BCUT2D eigenvalue weighted by molar-refractivity contribution is 5.75. The van der Waals surface area contributed by atoms with Gasteiger partial charge in [-0.05, 0) is 38.2 Å². The Labute approximate surface area is 165 Å². The van der Waals surface area contributed by atoms with E-state index >= 15 is 0 Å². The molecule has 0 amide bonds. The maximum absolute atomic E-state index is 12.2. The molecular formula is C23H38NO3+. The van der Waals surface area contributed by atoms with Crippen LogP contribution in [0.25, 0.3) is 0 Å². The highest BCUT2D eigenvalue weighted by atomic mass is 16.6. The molecule has 1 aromatic carbocycles. The van der Waals surface area contributed by atoms with Crippen molar-refractivity contribution in [2.45, 2.75) is 58.9 Å². The highest BCUT2D eigenvalue weighted by Gasteiger charge is 2.30. The van der Waals surface area contributed by atoms with Crippen LogP contribution in [0.2, 0.25) is 0 Å². The van der Waals surface area contributed by atoms with Gasteiger partial charge in [0.1, 0.15) is 13.2 Å². The van der Waals surface area contributed by atoms with Crippen LogP contribution in [0.3, 0.4) is 0 Å². The van der Waals surface area contributed by atoms with E-state index in [0.29, 0.717) is 19.1 Å². The van der Waals surface area contributed by atoms with Crippen molar-refractivity contribution < 1.29 is 18.8 Å². The molecule has 1 heterocycles. The van der Waals surface area contributed by atoms with Crippen LogP contribution in [0.5, 0.6) is 0 Å². The van der Waals surface area contributed by atoms with Crippen LogP contribution in [0, 0.1) is 5.41 Å². The van der Waals surface area contributed by atoms with Crippen LogP contribution in [-0.2, 0) is 20.8 Å². The summed E-state index contributed by atoms with van der Waals surface area (Å²) in [6.45, 7) is 10.7. The van der Waals surface area contributed by atoms with Crippen LogP contribution in [0.15, 0.2) is 24.3 Å². The number of carbonyl (C=O) groups excluding carboxylic acids is 1. The number of benzene rings is 1. The van der Waals surface area contributed by atoms with Gasteiger partial charge in [-0.1, -0.05) is 31.2 Å². The number of rotatable bonds is 10. The molecule has 0 radical (unpaired) electrons.